The maximum Gasteiger partial charge on any atom is 0.341 e. The van der Waals surface area contributed by atoms with Crippen LogP contribution in [0.15, 0.2) is 17.1 Å². The first kappa shape index (κ1) is 17.9. The minimum Gasteiger partial charge on any atom is -0.477 e. The molecule has 1 saturated carbocycles. The van der Waals surface area contributed by atoms with E-state index < -0.39 is 29.6 Å². The summed E-state index contributed by atoms with van der Waals surface area (Å²) in [7, 11) is 0. The van der Waals surface area contributed by atoms with Crippen LogP contribution < -0.4 is 16.2 Å². The van der Waals surface area contributed by atoms with E-state index in [4.69, 9.17) is 5.73 Å². The number of hydrogen-bond acceptors (Lipinski definition) is 4. The van der Waals surface area contributed by atoms with Crippen molar-refractivity contribution in [2.75, 3.05) is 24.7 Å². The Morgan fingerprint density at radius 1 is 1.44 bits per heavy atom. The molecule has 8 heteroatoms. The second kappa shape index (κ2) is 6.02. The molecule has 1 atom stereocenters. The van der Waals surface area contributed by atoms with Crippen LogP contribution >= 0.6 is 0 Å². The van der Waals surface area contributed by atoms with E-state index in [2.05, 4.69) is 0 Å². The summed E-state index contributed by atoms with van der Waals surface area (Å²) in [5.74, 6) is -1.81. The van der Waals surface area contributed by atoms with Crippen molar-refractivity contribution in [1.29, 1.82) is 0 Å². The number of nitrogens with two attached hydrogens (primary N) is 1. The maximum atomic E-state index is 15.0. The Balaban J connectivity index is 1.96. The van der Waals surface area contributed by atoms with Crippen molar-refractivity contribution in [2.24, 2.45) is 5.73 Å². The van der Waals surface area contributed by atoms with Crippen molar-refractivity contribution < 1.29 is 18.7 Å². The molecule has 1 aliphatic heterocycles. The smallest absolute Gasteiger partial charge is 0.341 e. The molecule has 0 amide bonds. The molecule has 0 bridgehead atoms. The molecule has 1 unspecified atom stereocenters. The summed E-state index contributed by atoms with van der Waals surface area (Å²) in [4.78, 5) is 25.7. The molecule has 4 rings (SSSR count). The van der Waals surface area contributed by atoms with E-state index in [9.17, 15) is 23.5 Å². The van der Waals surface area contributed by atoms with Gasteiger partial charge < -0.3 is 15.7 Å². The van der Waals surface area contributed by atoms with Crippen LogP contribution in [0, 0.1) is 12.7 Å². The van der Waals surface area contributed by atoms with Crippen molar-refractivity contribution >= 4 is 17.2 Å². The average molecular weight is 377 g/mol. The number of pyridine rings is 2. The van der Waals surface area contributed by atoms with Crippen LogP contribution in [0.25, 0.3) is 5.52 Å². The van der Waals surface area contributed by atoms with Gasteiger partial charge in [0.15, 0.2) is 5.82 Å². The summed E-state index contributed by atoms with van der Waals surface area (Å²) < 4.78 is 29.3. The number of aromatic carboxylic acids is 1. The summed E-state index contributed by atoms with van der Waals surface area (Å²) in [5.41, 5.74) is 6.03. The van der Waals surface area contributed by atoms with Crippen molar-refractivity contribution in [3.63, 3.8) is 0 Å². The predicted molar refractivity (Wildman–Crippen MR) is 97.0 cm³/mol. The average Bonchev–Trinajstić information content (AvgIpc) is 3.38. The lowest BCUT2D eigenvalue weighted by molar-refractivity contribution is 0.0694. The molecule has 2 aromatic rings. The van der Waals surface area contributed by atoms with Crippen LogP contribution in [0.5, 0.6) is 0 Å². The number of rotatable bonds is 4. The van der Waals surface area contributed by atoms with Gasteiger partial charge in [-0.15, -0.1) is 0 Å². The number of halogens is 2. The van der Waals surface area contributed by atoms with Crippen LogP contribution in [0.2, 0.25) is 0 Å². The lowest BCUT2D eigenvalue weighted by Gasteiger charge is -2.26. The molecule has 1 aliphatic carbocycles. The van der Waals surface area contributed by atoms with Gasteiger partial charge in [0.2, 0.25) is 0 Å². The van der Waals surface area contributed by atoms with E-state index in [-0.39, 0.29) is 18.0 Å². The fraction of sp³-hybridized carbons (Fsp3) is 0.474. The van der Waals surface area contributed by atoms with Gasteiger partial charge in [0, 0.05) is 13.1 Å². The number of aromatic nitrogens is 1. The monoisotopic (exact) mass is 377 g/mol. The van der Waals surface area contributed by atoms with Gasteiger partial charge in [0.05, 0.1) is 22.9 Å². The number of carbonyl (C=O) groups is 1. The highest BCUT2D eigenvalue weighted by molar-refractivity contribution is 5.89. The summed E-state index contributed by atoms with van der Waals surface area (Å²) >= 11 is 0. The maximum absolute atomic E-state index is 15.0. The molecule has 2 aromatic heterocycles. The van der Waals surface area contributed by atoms with Crippen LogP contribution in [0.1, 0.15) is 46.7 Å². The zero-order valence-electron chi connectivity index (χ0n) is 15.0. The molecular formula is C19H21F2N3O3. The van der Waals surface area contributed by atoms with Crippen LogP contribution in [0.4, 0.5) is 14.5 Å². The second-order valence-corrected chi connectivity index (χ2v) is 7.73. The third-order valence-electron chi connectivity index (χ3n) is 5.66. The molecule has 0 spiro atoms. The van der Waals surface area contributed by atoms with Gasteiger partial charge in [-0.1, -0.05) is 0 Å². The Kier molecular flexibility index (Phi) is 3.99. The molecule has 2 aliphatic rings. The molecule has 3 N–H and O–H groups in total. The number of fused-ring (bicyclic) bond motifs is 1. The zero-order chi connectivity index (χ0) is 19.5. The van der Waals surface area contributed by atoms with Gasteiger partial charge in [-0.25, -0.2) is 13.6 Å². The second-order valence-electron chi connectivity index (χ2n) is 7.73. The standard InChI is InChI=1S/C19H21F2N3O3/c1-10-15-12(11-2-3-11)6-13(18(26)27)17(25)24(15)7-14(21)16(10)23-5-4-19(22,8-20)9-23/h6-7,11H,2-5,8-9,22H2,1H3,(H,26,27). The molecule has 6 nitrogen and oxygen atoms in total. The summed E-state index contributed by atoms with van der Waals surface area (Å²) in [5, 5.41) is 9.34. The first-order valence-electron chi connectivity index (χ1n) is 8.97. The number of carboxylic acids is 1. The molecule has 0 radical (unpaired) electrons. The van der Waals surface area contributed by atoms with E-state index in [0.29, 0.717) is 29.7 Å². The fourth-order valence-electron chi connectivity index (χ4n) is 4.08. The first-order valence-corrected chi connectivity index (χ1v) is 8.97. The minimum absolute atomic E-state index is 0.161. The lowest BCUT2D eigenvalue weighted by Crippen LogP contribution is -2.45. The predicted octanol–water partition coefficient (Wildman–Crippen LogP) is 2.20. The van der Waals surface area contributed by atoms with Crippen LogP contribution in [-0.4, -0.2) is 40.8 Å². The van der Waals surface area contributed by atoms with Gasteiger partial charge in [-0.05, 0) is 49.3 Å². The van der Waals surface area contributed by atoms with Crippen LogP contribution in [-0.2, 0) is 0 Å². The summed E-state index contributed by atoms with van der Waals surface area (Å²) in [6.45, 7) is 1.64. The van der Waals surface area contributed by atoms with E-state index in [1.165, 1.54) is 6.07 Å². The Morgan fingerprint density at radius 3 is 2.70 bits per heavy atom. The Hall–Kier alpha value is -2.48. The minimum atomic E-state index is -1.33. The van der Waals surface area contributed by atoms with Gasteiger partial charge in [0.1, 0.15) is 12.2 Å². The fourth-order valence-corrected chi connectivity index (χ4v) is 4.08. The molecule has 0 aromatic carbocycles. The van der Waals surface area contributed by atoms with E-state index in [0.717, 1.165) is 29.0 Å². The van der Waals surface area contributed by atoms with Crippen molar-refractivity contribution in [3.05, 3.63) is 45.1 Å². The molecule has 144 valence electrons. The summed E-state index contributed by atoms with van der Waals surface area (Å²) in [6, 6.07) is 1.42. The SMILES string of the molecule is Cc1c(N2CCC(N)(CF)C2)c(F)cn2c(=O)c(C(=O)O)cc(C3CC3)c12. The molecular weight excluding hydrogens is 356 g/mol. The Bertz CT molecular complexity index is 1020. The number of nitrogens with zero attached hydrogens (tertiary/aromatic N) is 2. The lowest BCUT2D eigenvalue weighted by atomic mass is 10.0. The topological polar surface area (TPSA) is 88.0 Å². The van der Waals surface area contributed by atoms with Gasteiger partial charge in [-0.2, -0.15) is 0 Å². The molecule has 2 fully saturated rings. The third-order valence-corrected chi connectivity index (χ3v) is 5.66. The quantitative estimate of drug-likeness (QED) is 0.853. The number of alkyl halides is 1. The van der Waals surface area contributed by atoms with Crippen molar-refractivity contribution in [2.45, 2.75) is 37.6 Å². The van der Waals surface area contributed by atoms with Crippen molar-refractivity contribution in [1.82, 2.24) is 4.40 Å². The highest BCUT2D eigenvalue weighted by Crippen LogP contribution is 2.44. The number of anilines is 1. The molecule has 27 heavy (non-hydrogen) atoms. The largest absolute Gasteiger partial charge is 0.477 e. The normalized spacial score (nSPS) is 22.6. The van der Waals surface area contributed by atoms with E-state index >= 15 is 0 Å². The third kappa shape index (κ3) is 2.79. The molecule has 1 saturated heterocycles. The van der Waals surface area contributed by atoms with Crippen LogP contribution in [0.3, 0.4) is 0 Å². The summed E-state index contributed by atoms with van der Waals surface area (Å²) in [6.07, 6.45) is 3.26. The Labute approximate surface area is 154 Å². The molecule has 3 heterocycles. The Morgan fingerprint density at radius 2 is 2.15 bits per heavy atom. The zero-order valence-corrected chi connectivity index (χ0v) is 15.0. The number of carboxylic acid groups (broad SMARTS) is 1. The van der Waals surface area contributed by atoms with Crippen molar-refractivity contribution in [3.8, 4) is 0 Å². The van der Waals surface area contributed by atoms with Gasteiger partial charge >= 0.3 is 5.97 Å². The highest BCUT2D eigenvalue weighted by atomic mass is 19.1. The number of hydrogen-bond donors (Lipinski definition) is 2. The highest BCUT2D eigenvalue weighted by Gasteiger charge is 2.37. The van der Waals surface area contributed by atoms with Gasteiger partial charge in [-0.3, -0.25) is 9.20 Å². The first-order chi connectivity index (χ1) is 12.8. The van der Waals surface area contributed by atoms with E-state index in [1.807, 2.05) is 0 Å². The van der Waals surface area contributed by atoms with Gasteiger partial charge in [0.25, 0.3) is 5.56 Å². The number of aryl methyl sites for hydroxylation is 1. The van der Waals surface area contributed by atoms with E-state index in [1.54, 1.807) is 11.8 Å².